The van der Waals surface area contributed by atoms with Crippen LogP contribution in [0, 0.1) is 11.8 Å². The zero-order valence-corrected chi connectivity index (χ0v) is 11.1. The molecule has 1 amide bonds. The van der Waals surface area contributed by atoms with E-state index in [2.05, 4.69) is 5.32 Å². The molecule has 0 saturated heterocycles. The van der Waals surface area contributed by atoms with Gasteiger partial charge in [0.2, 0.25) is 5.91 Å². The molecule has 0 spiro atoms. The molecule has 3 nitrogen and oxygen atoms in total. The minimum absolute atomic E-state index is 0.00934. The molecule has 0 aromatic carbocycles. The third-order valence-corrected chi connectivity index (χ3v) is 3.67. The van der Waals surface area contributed by atoms with Crippen LogP contribution in [0.5, 0.6) is 0 Å². The molecule has 0 radical (unpaired) electrons. The summed E-state index contributed by atoms with van der Waals surface area (Å²) in [7, 11) is 0. The lowest BCUT2D eigenvalue weighted by atomic mass is 9.81. The Balaban J connectivity index is 2.13. The molecule has 0 aliphatic heterocycles. The van der Waals surface area contributed by atoms with E-state index < -0.39 is 12.6 Å². The zero-order chi connectivity index (χ0) is 14.3. The van der Waals surface area contributed by atoms with Crippen LogP contribution >= 0.6 is 0 Å². The quantitative estimate of drug-likeness (QED) is 0.735. The Morgan fingerprint density at radius 1 is 1.26 bits per heavy atom. The van der Waals surface area contributed by atoms with Gasteiger partial charge in [-0.25, -0.2) is 0 Å². The van der Waals surface area contributed by atoms with Crippen LogP contribution in [0.3, 0.4) is 0 Å². The van der Waals surface area contributed by atoms with Gasteiger partial charge in [-0.15, -0.1) is 0 Å². The molecule has 2 atom stereocenters. The van der Waals surface area contributed by atoms with Gasteiger partial charge in [0.1, 0.15) is 0 Å². The van der Waals surface area contributed by atoms with Crippen LogP contribution in [0.1, 0.15) is 44.9 Å². The highest BCUT2D eigenvalue weighted by molar-refractivity contribution is 5.78. The minimum Gasteiger partial charge on any atom is -0.356 e. The van der Waals surface area contributed by atoms with Gasteiger partial charge in [0, 0.05) is 18.9 Å². The number of halogens is 3. The molecule has 0 bridgehead atoms. The van der Waals surface area contributed by atoms with Crippen molar-refractivity contribution in [1.82, 2.24) is 5.32 Å². The Bertz CT molecular complexity index is 282. The summed E-state index contributed by atoms with van der Waals surface area (Å²) in [5.74, 6) is 0.379. The number of hydrogen-bond acceptors (Lipinski definition) is 2. The molecule has 2 unspecified atom stereocenters. The number of hydrogen-bond donors (Lipinski definition) is 2. The van der Waals surface area contributed by atoms with Gasteiger partial charge in [0.15, 0.2) is 0 Å². The first-order valence-corrected chi connectivity index (χ1v) is 6.97. The molecule has 0 aromatic rings. The molecule has 112 valence electrons. The number of carbonyl (C=O) groups is 1. The number of unbranched alkanes of at least 4 members (excludes halogenated alkanes) is 1. The number of carbonyl (C=O) groups excluding carboxylic acids is 1. The molecule has 1 saturated carbocycles. The smallest absolute Gasteiger partial charge is 0.356 e. The van der Waals surface area contributed by atoms with Crippen molar-refractivity contribution < 1.29 is 18.0 Å². The number of alkyl halides is 3. The maximum Gasteiger partial charge on any atom is 0.389 e. The van der Waals surface area contributed by atoms with E-state index in [4.69, 9.17) is 5.73 Å². The maximum absolute atomic E-state index is 11.9. The first kappa shape index (κ1) is 16.3. The molecule has 1 rings (SSSR count). The van der Waals surface area contributed by atoms with Crippen molar-refractivity contribution in [3.05, 3.63) is 0 Å². The number of nitrogens with two attached hydrogens (primary N) is 1. The lowest BCUT2D eigenvalue weighted by Crippen LogP contribution is -2.35. The van der Waals surface area contributed by atoms with Crippen molar-refractivity contribution in [3.63, 3.8) is 0 Å². The van der Waals surface area contributed by atoms with Gasteiger partial charge in [-0.3, -0.25) is 4.79 Å². The molecule has 1 fully saturated rings. The summed E-state index contributed by atoms with van der Waals surface area (Å²) in [5, 5.41) is 2.74. The van der Waals surface area contributed by atoms with E-state index in [1.165, 1.54) is 0 Å². The van der Waals surface area contributed by atoms with Crippen LogP contribution in [-0.4, -0.2) is 25.2 Å². The summed E-state index contributed by atoms with van der Waals surface area (Å²) >= 11 is 0. The molecule has 1 aliphatic rings. The van der Waals surface area contributed by atoms with E-state index in [1.807, 2.05) is 0 Å². The van der Waals surface area contributed by atoms with E-state index >= 15 is 0 Å². The zero-order valence-electron chi connectivity index (χ0n) is 11.1. The number of nitrogens with one attached hydrogen (secondary N) is 1. The first-order chi connectivity index (χ1) is 8.92. The summed E-state index contributed by atoms with van der Waals surface area (Å²) in [6, 6.07) is 0. The second-order valence-electron chi connectivity index (χ2n) is 5.33. The molecule has 3 N–H and O–H groups in total. The fraction of sp³-hybridized carbons (Fsp3) is 0.923. The number of rotatable bonds is 6. The lowest BCUT2D eigenvalue weighted by molar-refractivity contribution is -0.135. The molecule has 0 aromatic heterocycles. The van der Waals surface area contributed by atoms with Gasteiger partial charge >= 0.3 is 6.18 Å². The van der Waals surface area contributed by atoms with E-state index in [1.54, 1.807) is 0 Å². The predicted molar refractivity (Wildman–Crippen MR) is 67.4 cm³/mol. The second kappa shape index (κ2) is 7.72. The third-order valence-electron chi connectivity index (χ3n) is 3.67. The van der Waals surface area contributed by atoms with Crippen molar-refractivity contribution in [2.45, 2.75) is 51.1 Å². The van der Waals surface area contributed by atoms with Crippen LogP contribution in [0.15, 0.2) is 0 Å². The van der Waals surface area contributed by atoms with Gasteiger partial charge in [0.25, 0.3) is 0 Å². The fourth-order valence-electron chi connectivity index (χ4n) is 2.55. The Morgan fingerprint density at radius 2 is 2.00 bits per heavy atom. The second-order valence-corrected chi connectivity index (χ2v) is 5.33. The molecule has 6 heteroatoms. The predicted octanol–water partition coefficient (Wildman–Crippen LogP) is 2.60. The molecular formula is C13H23F3N2O. The van der Waals surface area contributed by atoms with Crippen LogP contribution in [0.2, 0.25) is 0 Å². The standard InChI is InChI=1S/C13H23F3N2O/c14-13(15,16)6-1-2-7-18-12(19)11-5-3-4-10(8-11)9-17/h10-11H,1-9,17H2,(H,18,19). The first-order valence-electron chi connectivity index (χ1n) is 6.97. The summed E-state index contributed by atoms with van der Waals surface area (Å²) in [6.45, 7) is 0.939. The molecule has 1 aliphatic carbocycles. The summed E-state index contributed by atoms with van der Waals surface area (Å²) < 4.78 is 35.7. The van der Waals surface area contributed by atoms with E-state index in [9.17, 15) is 18.0 Å². The number of amides is 1. The highest BCUT2D eigenvalue weighted by Crippen LogP contribution is 2.28. The largest absolute Gasteiger partial charge is 0.389 e. The average Bonchev–Trinajstić information content (AvgIpc) is 2.37. The Labute approximate surface area is 112 Å². The SMILES string of the molecule is NCC1CCCC(C(=O)NCCCCC(F)(F)F)C1. The van der Waals surface area contributed by atoms with Crippen LogP contribution in [0.4, 0.5) is 13.2 Å². The van der Waals surface area contributed by atoms with Crippen molar-refractivity contribution >= 4 is 5.91 Å². The van der Waals surface area contributed by atoms with Crippen molar-refractivity contribution in [1.29, 1.82) is 0 Å². The van der Waals surface area contributed by atoms with Gasteiger partial charge < -0.3 is 11.1 Å². The van der Waals surface area contributed by atoms with Crippen molar-refractivity contribution in [3.8, 4) is 0 Å². The summed E-state index contributed by atoms with van der Waals surface area (Å²) in [4.78, 5) is 11.8. The fourth-order valence-corrected chi connectivity index (χ4v) is 2.55. The van der Waals surface area contributed by atoms with Gasteiger partial charge in [-0.05, 0) is 44.6 Å². The van der Waals surface area contributed by atoms with Crippen LogP contribution in [0.25, 0.3) is 0 Å². The summed E-state index contributed by atoms with van der Waals surface area (Å²) in [6.07, 6.45) is -0.670. The third kappa shape index (κ3) is 6.80. The normalized spacial score (nSPS) is 24.2. The van der Waals surface area contributed by atoms with Gasteiger partial charge in [-0.1, -0.05) is 6.42 Å². The van der Waals surface area contributed by atoms with Crippen LogP contribution in [-0.2, 0) is 4.79 Å². The molecule has 19 heavy (non-hydrogen) atoms. The van der Waals surface area contributed by atoms with E-state index in [-0.39, 0.29) is 18.2 Å². The topological polar surface area (TPSA) is 55.1 Å². The van der Waals surface area contributed by atoms with Crippen LogP contribution < -0.4 is 11.1 Å². The highest BCUT2D eigenvalue weighted by Gasteiger charge is 2.27. The monoisotopic (exact) mass is 280 g/mol. The Morgan fingerprint density at radius 3 is 2.63 bits per heavy atom. The average molecular weight is 280 g/mol. The molecule has 0 heterocycles. The van der Waals surface area contributed by atoms with Gasteiger partial charge in [-0.2, -0.15) is 13.2 Å². The maximum atomic E-state index is 11.9. The Hall–Kier alpha value is -0.780. The minimum atomic E-state index is -4.10. The van der Waals surface area contributed by atoms with Crippen molar-refractivity contribution in [2.24, 2.45) is 17.6 Å². The van der Waals surface area contributed by atoms with E-state index in [0.29, 0.717) is 25.4 Å². The Kier molecular flexibility index (Phi) is 6.62. The van der Waals surface area contributed by atoms with Crippen molar-refractivity contribution in [2.75, 3.05) is 13.1 Å². The highest BCUT2D eigenvalue weighted by atomic mass is 19.4. The van der Waals surface area contributed by atoms with Gasteiger partial charge in [0.05, 0.1) is 0 Å². The molecular weight excluding hydrogens is 257 g/mol. The summed E-state index contributed by atoms with van der Waals surface area (Å²) in [5.41, 5.74) is 5.61. The van der Waals surface area contributed by atoms with E-state index in [0.717, 1.165) is 25.7 Å². The lowest BCUT2D eigenvalue weighted by Gasteiger charge is -2.27.